The van der Waals surface area contributed by atoms with Crippen LogP contribution in [0.3, 0.4) is 0 Å². The lowest BCUT2D eigenvalue weighted by molar-refractivity contribution is -0.120. The molecule has 1 aromatic heterocycles. The quantitative estimate of drug-likeness (QED) is 0.626. The van der Waals surface area contributed by atoms with E-state index in [-0.39, 0.29) is 30.5 Å². The number of sulfonamides is 1. The zero-order valence-electron chi connectivity index (χ0n) is 17.4. The Morgan fingerprint density at radius 3 is 2.52 bits per heavy atom. The number of carbonyl (C=O) groups excluding carboxylic acids is 2. The van der Waals surface area contributed by atoms with Crippen molar-refractivity contribution < 1.29 is 27.1 Å². The van der Waals surface area contributed by atoms with Gasteiger partial charge in [0, 0.05) is 23.9 Å². The van der Waals surface area contributed by atoms with Crippen molar-refractivity contribution in [3.8, 4) is 0 Å². The number of hydrogen-bond donors (Lipinski definition) is 1. The van der Waals surface area contributed by atoms with Gasteiger partial charge in [-0.15, -0.1) is 11.3 Å². The molecule has 2 heterocycles. The average molecular weight is 469 g/mol. The van der Waals surface area contributed by atoms with Gasteiger partial charge in [-0.2, -0.15) is 4.31 Å². The van der Waals surface area contributed by atoms with E-state index in [1.54, 1.807) is 13.0 Å². The predicted molar refractivity (Wildman–Crippen MR) is 116 cm³/mol. The molecule has 1 aliphatic heterocycles. The lowest BCUT2D eigenvalue weighted by Gasteiger charge is -2.30. The first-order valence-corrected chi connectivity index (χ1v) is 12.4. The van der Waals surface area contributed by atoms with Crippen LogP contribution in [0.2, 0.25) is 0 Å². The number of amides is 1. The molecule has 0 unspecified atom stereocenters. The molecule has 0 aliphatic carbocycles. The highest BCUT2D eigenvalue weighted by Crippen LogP contribution is 2.31. The van der Waals surface area contributed by atoms with E-state index in [9.17, 15) is 22.4 Å². The molecular formula is C21H25FN2O5S2. The summed E-state index contributed by atoms with van der Waals surface area (Å²) in [5.74, 6) is -1.95. The number of anilines is 1. The van der Waals surface area contributed by atoms with Crippen molar-refractivity contribution in [2.45, 2.75) is 38.0 Å². The largest absolute Gasteiger partial charge is 0.462 e. The lowest BCUT2D eigenvalue weighted by atomic mass is 9.97. The molecule has 7 nitrogen and oxygen atoms in total. The zero-order chi connectivity index (χ0) is 22.6. The maximum atomic E-state index is 14.0. The fraction of sp³-hybridized carbons (Fsp3) is 0.429. The number of nitrogens with one attached hydrogen (secondary N) is 1. The summed E-state index contributed by atoms with van der Waals surface area (Å²) < 4.78 is 45.7. The van der Waals surface area contributed by atoms with Gasteiger partial charge in [0.1, 0.15) is 15.7 Å². The van der Waals surface area contributed by atoms with Crippen LogP contribution >= 0.6 is 11.3 Å². The molecule has 1 aliphatic rings. The summed E-state index contributed by atoms with van der Waals surface area (Å²) >= 11 is 1.33. The second-order valence-electron chi connectivity index (χ2n) is 7.13. The maximum absolute atomic E-state index is 14.0. The Labute approximate surface area is 185 Å². The standard InChI is InChI=1S/C21H25FN2O5S2/c1-3-15-13-16(21(26)29-4-2)20(30-15)23-19(25)14-9-11-24(12-10-14)31(27,28)18-8-6-5-7-17(18)22/h5-8,13-14H,3-4,9-12H2,1-2H3,(H,23,25). The Hall–Kier alpha value is -2.30. The van der Waals surface area contributed by atoms with Crippen molar-refractivity contribution >= 4 is 38.2 Å². The van der Waals surface area contributed by atoms with Crippen LogP contribution in [0.4, 0.5) is 9.39 Å². The molecule has 1 saturated heterocycles. The van der Waals surface area contributed by atoms with Gasteiger partial charge in [-0.05, 0) is 44.4 Å². The number of aryl methyl sites for hydroxylation is 1. The van der Waals surface area contributed by atoms with Crippen LogP contribution in [0.5, 0.6) is 0 Å². The second kappa shape index (κ2) is 9.88. The third kappa shape index (κ3) is 5.13. The first-order chi connectivity index (χ1) is 14.8. The predicted octanol–water partition coefficient (Wildman–Crippen LogP) is 3.67. The molecular weight excluding hydrogens is 443 g/mol. The van der Waals surface area contributed by atoms with Gasteiger partial charge in [-0.1, -0.05) is 19.1 Å². The molecule has 10 heteroatoms. The van der Waals surface area contributed by atoms with Gasteiger partial charge in [0.15, 0.2) is 0 Å². The number of carbonyl (C=O) groups is 2. The van der Waals surface area contributed by atoms with Gasteiger partial charge in [0.25, 0.3) is 0 Å². The topological polar surface area (TPSA) is 92.8 Å². The Balaban J connectivity index is 1.67. The molecule has 0 radical (unpaired) electrons. The number of hydrogen-bond acceptors (Lipinski definition) is 6. The highest BCUT2D eigenvalue weighted by molar-refractivity contribution is 7.89. The Kier molecular flexibility index (Phi) is 7.45. The number of piperidine rings is 1. The smallest absolute Gasteiger partial charge is 0.341 e. The van der Waals surface area contributed by atoms with E-state index in [0.717, 1.165) is 17.4 Å². The fourth-order valence-electron chi connectivity index (χ4n) is 3.43. The van der Waals surface area contributed by atoms with Crippen molar-refractivity contribution in [2.75, 3.05) is 25.0 Å². The van der Waals surface area contributed by atoms with Crippen LogP contribution in [-0.2, 0) is 26.0 Å². The van der Waals surface area contributed by atoms with E-state index in [2.05, 4.69) is 5.32 Å². The van der Waals surface area contributed by atoms with Crippen LogP contribution < -0.4 is 5.32 Å². The average Bonchev–Trinajstić information content (AvgIpc) is 3.17. The number of ether oxygens (including phenoxy) is 1. The Bertz CT molecular complexity index is 1060. The molecule has 1 fully saturated rings. The molecule has 1 N–H and O–H groups in total. The van der Waals surface area contributed by atoms with Crippen LogP contribution in [0.15, 0.2) is 35.2 Å². The van der Waals surface area contributed by atoms with E-state index in [1.165, 1.54) is 33.8 Å². The van der Waals surface area contributed by atoms with Crippen molar-refractivity contribution in [1.82, 2.24) is 4.31 Å². The minimum absolute atomic E-state index is 0.115. The number of nitrogens with zero attached hydrogens (tertiary/aromatic N) is 1. The summed E-state index contributed by atoms with van der Waals surface area (Å²) in [5, 5.41) is 3.27. The SMILES string of the molecule is CCOC(=O)c1cc(CC)sc1NC(=O)C1CCN(S(=O)(=O)c2ccccc2F)CC1. The van der Waals surface area contributed by atoms with E-state index in [0.29, 0.717) is 23.4 Å². The van der Waals surface area contributed by atoms with Gasteiger partial charge in [-0.25, -0.2) is 17.6 Å². The fourth-order valence-corrected chi connectivity index (χ4v) is 5.96. The number of rotatable bonds is 7. The monoisotopic (exact) mass is 468 g/mol. The van der Waals surface area contributed by atoms with Crippen LogP contribution in [-0.4, -0.2) is 44.3 Å². The molecule has 1 aromatic carbocycles. The lowest BCUT2D eigenvalue weighted by Crippen LogP contribution is -2.41. The summed E-state index contributed by atoms with van der Waals surface area (Å²) in [6.45, 7) is 4.14. The molecule has 0 atom stereocenters. The van der Waals surface area contributed by atoms with Crippen LogP contribution in [0.25, 0.3) is 0 Å². The molecule has 168 valence electrons. The van der Waals surface area contributed by atoms with Crippen LogP contribution in [0, 0.1) is 11.7 Å². The minimum atomic E-state index is -3.96. The number of benzene rings is 1. The van der Waals surface area contributed by atoms with E-state index in [1.807, 2.05) is 6.92 Å². The molecule has 1 amide bonds. The summed E-state index contributed by atoms with van der Waals surface area (Å²) in [4.78, 5) is 25.6. The Morgan fingerprint density at radius 1 is 1.23 bits per heavy atom. The highest BCUT2D eigenvalue weighted by Gasteiger charge is 2.34. The van der Waals surface area contributed by atoms with Crippen molar-refractivity contribution in [2.24, 2.45) is 5.92 Å². The zero-order valence-corrected chi connectivity index (χ0v) is 19.0. The van der Waals surface area contributed by atoms with Crippen molar-refractivity contribution in [1.29, 1.82) is 0 Å². The van der Waals surface area contributed by atoms with Gasteiger partial charge >= 0.3 is 5.97 Å². The third-order valence-electron chi connectivity index (χ3n) is 5.14. The molecule has 31 heavy (non-hydrogen) atoms. The van der Waals surface area contributed by atoms with Gasteiger partial charge in [-0.3, -0.25) is 4.79 Å². The molecule has 0 bridgehead atoms. The summed E-state index contributed by atoms with van der Waals surface area (Å²) in [6, 6.07) is 6.98. The minimum Gasteiger partial charge on any atom is -0.462 e. The third-order valence-corrected chi connectivity index (χ3v) is 8.27. The summed E-state index contributed by atoms with van der Waals surface area (Å²) in [6.07, 6.45) is 1.33. The number of esters is 1. The summed E-state index contributed by atoms with van der Waals surface area (Å²) in [7, 11) is -3.96. The Morgan fingerprint density at radius 2 is 1.90 bits per heavy atom. The van der Waals surface area contributed by atoms with Crippen LogP contribution in [0.1, 0.15) is 41.9 Å². The first-order valence-electron chi connectivity index (χ1n) is 10.1. The van der Waals surface area contributed by atoms with E-state index >= 15 is 0 Å². The molecule has 0 saturated carbocycles. The van der Waals surface area contributed by atoms with Gasteiger partial charge in [0.2, 0.25) is 15.9 Å². The number of thiophene rings is 1. The normalized spacial score (nSPS) is 15.6. The summed E-state index contributed by atoms with van der Waals surface area (Å²) in [5.41, 5.74) is 0.330. The van der Waals surface area contributed by atoms with E-state index in [4.69, 9.17) is 4.74 Å². The molecule has 3 rings (SSSR count). The van der Waals surface area contributed by atoms with Crippen molar-refractivity contribution in [3.05, 3.63) is 46.6 Å². The molecule has 0 spiro atoms. The van der Waals surface area contributed by atoms with Gasteiger partial charge in [0.05, 0.1) is 12.2 Å². The highest BCUT2D eigenvalue weighted by atomic mass is 32.2. The maximum Gasteiger partial charge on any atom is 0.341 e. The van der Waals surface area contributed by atoms with E-state index < -0.39 is 27.7 Å². The number of halogens is 1. The molecule has 2 aromatic rings. The first kappa shape index (κ1) is 23.4. The van der Waals surface area contributed by atoms with Gasteiger partial charge < -0.3 is 10.1 Å². The second-order valence-corrected chi connectivity index (χ2v) is 10.2. The van der Waals surface area contributed by atoms with Crippen molar-refractivity contribution in [3.63, 3.8) is 0 Å².